The Morgan fingerprint density at radius 2 is 2.00 bits per heavy atom. The largest absolute Gasteiger partial charge is 0.350 e. The van der Waals surface area contributed by atoms with E-state index in [0.717, 1.165) is 24.3 Å². The van der Waals surface area contributed by atoms with Crippen molar-refractivity contribution in [1.29, 1.82) is 0 Å². The van der Waals surface area contributed by atoms with Gasteiger partial charge in [-0.1, -0.05) is 19.1 Å². The van der Waals surface area contributed by atoms with Gasteiger partial charge >= 0.3 is 0 Å². The fourth-order valence-electron chi connectivity index (χ4n) is 1.84. The van der Waals surface area contributed by atoms with Crippen LogP contribution in [0.4, 0.5) is 0 Å². The van der Waals surface area contributed by atoms with E-state index in [4.69, 9.17) is 0 Å². The zero-order valence-electron chi connectivity index (χ0n) is 12.0. The van der Waals surface area contributed by atoms with Crippen LogP contribution < -0.4 is 10.6 Å². The zero-order chi connectivity index (χ0) is 14.1. The highest BCUT2D eigenvalue weighted by molar-refractivity contribution is 7.99. The molecule has 2 N–H and O–H groups in total. The molecule has 0 saturated heterocycles. The maximum Gasteiger partial charge on any atom is 0.220 e. The Hall–Kier alpha value is -1.00. The van der Waals surface area contributed by atoms with Crippen LogP contribution in [0.1, 0.15) is 38.3 Å². The minimum atomic E-state index is 0.0720. The van der Waals surface area contributed by atoms with Crippen molar-refractivity contribution >= 4 is 17.7 Å². The standard InChI is InChI=1S/C15H24N2OS/c1-4-19-14-9-7-13(8-10-14)12(2)17-15(18)6-5-11-16-3/h7-10,12,16H,4-6,11H2,1-3H3,(H,17,18). The van der Waals surface area contributed by atoms with Crippen molar-refractivity contribution < 1.29 is 4.79 Å². The van der Waals surface area contributed by atoms with Gasteiger partial charge in [0.15, 0.2) is 0 Å². The summed E-state index contributed by atoms with van der Waals surface area (Å²) in [4.78, 5) is 13.0. The Morgan fingerprint density at radius 3 is 2.58 bits per heavy atom. The van der Waals surface area contributed by atoms with Gasteiger partial charge in [-0.15, -0.1) is 11.8 Å². The van der Waals surface area contributed by atoms with Crippen molar-refractivity contribution in [2.75, 3.05) is 19.3 Å². The van der Waals surface area contributed by atoms with Gasteiger partial charge in [0.25, 0.3) is 0 Å². The van der Waals surface area contributed by atoms with Crippen LogP contribution in [-0.4, -0.2) is 25.3 Å². The van der Waals surface area contributed by atoms with Gasteiger partial charge in [0.1, 0.15) is 0 Å². The van der Waals surface area contributed by atoms with Gasteiger partial charge in [0.05, 0.1) is 6.04 Å². The maximum atomic E-state index is 11.7. The minimum Gasteiger partial charge on any atom is -0.350 e. The summed E-state index contributed by atoms with van der Waals surface area (Å²) < 4.78 is 0. The van der Waals surface area contributed by atoms with E-state index < -0.39 is 0 Å². The summed E-state index contributed by atoms with van der Waals surface area (Å²) >= 11 is 1.83. The SMILES string of the molecule is CCSc1ccc(C(C)NC(=O)CCCNC)cc1. The highest BCUT2D eigenvalue weighted by Gasteiger charge is 2.09. The fourth-order valence-corrected chi connectivity index (χ4v) is 2.50. The molecule has 0 spiro atoms. The van der Waals surface area contributed by atoms with Crippen LogP contribution in [0.3, 0.4) is 0 Å². The molecule has 0 aromatic heterocycles. The predicted molar refractivity (Wildman–Crippen MR) is 82.6 cm³/mol. The summed E-state index contributed by atoms with van der Waals surface area (Å²) in [7, 11) is 1.90. The molecule has 3 nitrogen and oxygen atoms in total. The fraction of sp³-hybridized carbons (Fsp3) is 0.533. The maximum absolute atomic E-state index is 11.7. The lowest BCUT2D eigenvalue weighted by atomic mass is 10.1. The molecule has 1 amide bonds. The van der Waals surface area contributed by atoms with Gasteiger partial charge in [-0.25, -0.2) is 0 Å². The first-order valence-corrected chi connectivity index (χ1v) is 7.82. The molecule has 1 rings (SSSR count). The van der Waals surface area contributed by atoms with E-state index in [1.807, 2.05) is 25.7 Å². The molecule has 106 valence electrons. The van der Waals surface area contributed by atoms with Crippen LogP contribution in [0, 0.1) is 0 Å². The molecule has 4 heteroatoms. The monoisotopic (exact) mass is 280 g/mol. The van der Waals surface area contributed by atoms with Crippen molar-refractivity contribution in [2.24, 2.45) is 0 Å². The molecule has 0 radical (unpaired) electrons. The summed E-state index contributed by atoms with van der Waals surface area (Å²) in [6.07, 6.45) is 1.45. The van der Waals surface area contributed by atoms with Crippen LogP contribution in [-0.2, 0) is 4.79 Å². The molecular formula is C15H24N2OS. The van der Waals surface area contributed by atoms with Gasteiger partial charge in [0.2, 0.25) is 5.91 Å². The molecule has 0 aliphatic rings. The summed E-state index contributed by atoms with van der Waals surface area (Å²) in [6, 6.07) is 8.50. The third kappa shape index (κ3) is 6.12. The molecule has 0 aliphatic heterocycles. The van der Waals surface area contributed by atoms with E-state index in [-0.39, 0.29) is 11.9 Å². The average Bonchev–Trinajstić information content (AvgIpc) is 2.40. The molecule has 19 heavy (non-hydrogen) atoms. The highest BCUT2D eigenvalue weighted by atomic mass is 32.2. The number of nitrogens with one attached hydrogen (secondary N) is 2. The third-order valence-corrected chi connectivity index (χ3v) is 3.79. The van der Waals surface area contributed by atoms with Crippen LogP contribution in [0.15, 0.2) is 29.2 Å². The van der Waals surface area contributed by atoms with Crippen LogP contribution in [0.5, 0.6) is 0 Å². The Bertz CT molecular complexity index is 378. The second-order valence-corrected chi connectivity index (χ2v) is 5.84. The Labute approximate surface area is 120 Å². The van der Waals surface area contributed by atoms with E-state index in [9.17, 15) is 4.79 Å². The molecule has 1 aromatic rings. The highest BCUT2D eigenvalue weighted by Crippen LogP contribution is 2.20. The summed E-state index contributed by atoms with van der Waals surface area (Å²) in [6.45, 7) is 5.05. The molecular weight excluding hydrogens is 256 g/mol. The molecule has 0 heterocycles. The number of carbonyl (C=O) groups is 1. The molecule has 0 saturated carbocycles. The van der Waals surface area contributed by atoms with Gasteiger partial charge in [-0.05, 0) is 50.4 Å². The number of hydrogen-bond donors (Lipinski definition) is 2. The van der Waals surface area contributed by atoms with Crippen LogP contribution in [0.2, 0.25) is 0 Å². The van der Waals surface area contributed by atoms with Crippen LogP contribution in [0.25, 0.3) is 0 Å². The lowest BCUT2D eigenvalue weighted by molar-refractivity contribution is -0.121. The lowest BCUT2D eigenvalue weighted by Crippen LogP contribution is -2.27. The first-order valence-electron chi connectivity index (χ1n) is 6.84. The van der Waals surface area contributed by atoms with E-state index in [0.29, 0.717) is 6.42 Å². The molecule has 1 aromatic carbocycles. The van der Waals surface area contributed by atoms with E-state index >= 15 is 0 Å². The molecule has 1 unspecified atom stereocenters. The Balaban J connectivity index is 2.43. The molecule has 0 aliphatic carbocycles. The molecule has 0 bridgehead atoms. The van der Waals surface area contributed by atoms with Gasteiger partial charge in [-0.2, -0.15) is 0 Å². The van der Waals surface area contributed by atoms with Gasteiger partial charge in [-0.3, -0.25) is 4.79 Å². The number of carbonyl (C=O) groups excluding carboxylic acids is 1. The quantitative estimate of drug-likeness (QED) is 0.568. The Kier molecular flexibility index (Phi) is 7.60. The van der Waals surface area contributed by atoms with Gasteiger partial charge in [0, 0.05) is 11.3 Å². The van der Waals surface area contributed by atoms with Crippen molar-refractivity contribution in [2.45, 2.75) is 37.6 Å². The minimum absolute atomic E-state index is 0.0720. The van der Waals surface area contributed by atoms with Crippen molar-refractivity contribution in [1.82, 2.24) is 10.6 Å². The number of thioether (sulfide) groups is 1. The molecule has 0 fully saturated rings. The number of rotatable bonds is 8. The third-order valence-electron chi connectivity index (χ3n) is 2.90. The van der Waals surface area contributed by atoms with Crippen molar-refractivity contribution in [3.63, 3.8) is 0 Å². The Morgan fingerprint density at radius 1 is 1.32 bits per heavy atom. The summed E-state index contributed by atoms with van der Waals surface area (Å²) in [5, 5.41) is 6.08. The summed E-state index contributed by atoms with van der Waals surface area (Å²) in [5.41, 5.74) is 1.16. The van der Waals surface area contributed by atoms with E-state index in [1.54, 1.807) is 0 Å². The predicted octanol–water partition coefficient (Wildman–Crippen LogP) is 2.98. The molecule has 1 atom stereocenters. The lowest BCUT2D eigenvalue weighted by Gasteiger charge is -2.14. The number of benzene rings is 1. The first-order chi connectivity index (χ1) is 9.17. The van der Waals surface area contributed by atoms with E-state index in [2.05, 4.69) is 41.8 Å². The second kappa shape index (κ2) is 8.99. The second-order valence-electron chi connectivity index (χ2n) is 4.50. The van der Waals surface area contributed by atoms with Crippen LogP contribution >= 0.6 is 11.8 Å². The van der Waals surface area contributed by atoms with E-state index in [1.165, 1.54) is 4.90 Å². The zero-order valence-corrected chi connectivity index (χ0v) is 12.8. The number of amides is 1. The topological polar surface area (TPSA) is 41.1 Å². The van der Waals surface area contributed by atoms with Crippen molar-refractivity contribution in [3.8, 4) is 0 Å². The summed E-state index contributed by atoms with van der Waals surface area (Å²) in [5.74, 6) is 1.20. The average molecular weight is 280 g/mol. The normalized spacial score (nSPS) is 12.2. The smallest absolute Gasteiger partial charge is 0.220 e. The first kappa shape index (κ1) is 16.1. The number of hydrogen-bond acceptors (Lipinski definition) is 3. The van der Waals surface area contributed by atoms with Gasteiger partial charge < -0.3 is 10.6 Å². The van der Waals surface area contributed by atoms with Crippen molar-refractivity contribution in [3.05, 3.63) is 29.8 Å².